The molecule has 0 aliphatic carbocycles. The Morgan fingerprint density at radius 1 is 0.852 bits per heavy atom. The Balaban J connectivity index is 1.70. The minimum absolute atomic E-state index is 0.0581. The number of ether oxygens (including phenoxy) is 2. The van der Waals surface area contributed by atoms with Crippen LogP contribution in [0.5, 0.6) is 11.5 Å². The first kappa shape index (κ1) is 18.8. The molecule has 0 atom stereocenters. The van der Waals surface area contributed by atoms with E-state index in [9.17, 15) is 9.59 Å². The Kier molecular flexibility index (Phi) is 5.64. The minimum atomic E-state index is -0.0872. The topological polar surface area (TPSA) is 59.1 Å². The number of benzene rings is 2. The second-order valence-corrected chi connectivity index (χ2v) is 6.42. The van der Waals surface area contributed by atoms with Crippen molar-refractivity contribution in [3.8, 4) is 11.5 Å². The lowest BCUT2D eigenvalue weighted by atomic mass is 10.1. The van der Waals surface area contributed by atoms with E-state index < -0.39 is 0 Å². The zero-order chi connectivity index (χ0) is 19.4. The number of rotatable bonds is 5. The van der Waals surface area contributed by atoms with Crippen molar-refractivity contribution in [3.63, 3.8) is 0 Å². The van der Waals surface area contributed by atoms with Gasteiger partial charge in [-0.3, -0.25) is 9.59 Å². The molecule has 0 saturated carbocycles. The van der Waals surface area contributed by atoms with Crippen molar-refractivity contribution >= 4 is 17.4 Å². The minimum Gasteiger partial charge on any atom is -0.496 e. The summed E-state index contributed by atoms with van der Waals surface area (Å²) in [6.45, 7) is 4.22. The van der Waals surface area contributed by atoms with Crippen LogP contribution in [-0.4, -0.2) is 57.0 Å². The molecule has 1 aliphatic rings. The summed E-state index contributed by atoms with van der Waals surface area (Å²) in [4.78, 5) is 28.5. The van der Waals surface area contributed by atoms with Gasteiger partial charge in [0.2, 0.25) is 0 Å². The van der Waals surface area contributed by atoms with E-state index in [0.717, 1.165) is 18.8 Å². The van der Waals surface area contributed by atoms with Gasteiger partial charge in [0.05, 0.1) is 14.2 Å². The standard InChI is InChI=1S/C21H24N2O4/c1-15(24)16-7-9-17(10-8-16)22-11-13-23(14-12-22)21(25)20-18(26-2)5-4-6-19(20)27-3/h4-10H,11-14H2,1-3H3. The van der Waals surface area contributed by atoms with E-state index in [2.05, 4.69) is 4.90 Å². The Morgan fingerprint density at radius 3 is 1.89 bits per heavy atom. The zero-order valence-electron chi connectivity index (χ0n) is 15.9. The molecular formula is C21H24N2O4. The summed E-state index contributed by atoms with van der Waals surface area (Å²) in [5.74, 6) is 1.00. The lowest BCUT2D eigenvalue weighted by Gasteiger charge is -2.36. The average Bonchev–Trinajstić information content (AvgIpc) is 2.72. The third kappa shape index (κ3) is 3.89. The summed E-state index contributed by atoms with van der Waals surface area (Å²) in [6.07, 6.45) is 0. The smallest absolute Gasteiger partial charge is 0.261 e. The fraction of sp³-hybridized carbons (Fsp3) is 0.333. The normalized spacial score (nSPS) is 14.0. The number of hydrogen-bond acceptors (Lipinski definition) is 5. The van der Waals surface area contributed by atoms with Crippen molar-refractivity contribution in [1.29, 1.82) is 0 Å². The number of anilines is 1. The van der Waals surface area contributed by atoms with Crippen LogP contribution in [0.3, 0.4) is 0 Å². The number of carbonyl (C=O) groups is 2. The summed E-state index contributed by atoms with van der Waals surface area (Å²) in [7, 11) is 3.10. The van der Waals surface area contributed by atoms with Gasteiger partial charge in [-0.05, 0) is 43.3 Å². The molecule has 0 radical (unpaired) electrons. The molecule has 0 spiro atoms. The molecule has 1 fully saturated rings. The van der Waals surface area contributed by atoms with Crippen LogP contribution in [0.2, 0.25) is 0 Å². The van der Waals surface area contributed by atoms with Crippen LogP contribution >= 0.6 is 0 Å². The van der Waals surface area contributed by atoms with Crippen molar-refractivity contribution in [2.75, 3.05) is 45.3 Å². The molecule has 1 amide bonds. The molecule has 3 rings (SSSR count). The Labute approximate surface area is 159 Å². The van der Waals surface area contributed by atoms with Crippen LogP contribution in [-0.2, 0) is 0 Å². The maximum atomic E-state index is 13.0. The number of methoxy groups -OCH3 is 2. The fourth-order valence-electron chi connectivity index (χ4n) is 3.29. The van der Waals surface area contributed by atoms with Gasteiger partial charge in [0.1, 0.15) is 17.1 Å². The number of carbonyl (C=O) groups excluding carboxylic acids is 2. The van der Waals surface area contributed by atoms with Crippen LogP contribution in [0.15, 0.2) is 42.5 Å². The van der Waals surface area contributed by atoms with Crippen LogP contribution in [0, 0.1) is 0 Å². The molecule has 2 aromatic rings. The van der Waals surface area contributed by atoms with Gasteiger partial charge in [0.25, 0.3) is 5.91 Å². The summed E-state index contributed by atoms with van der Waals surface area (Å²) < 4.78 is 10.7. The fourth-order valence-corrected chi connectivity index (χ4v) is 3.29. The molecule has 6 nitrogen and oxygen atoms in total. The predicted octanol–water partition coefficient (Wildman–Crippen LogP) is 2.87. The first-order valence-electron chi connectivity index (χ1n) is 8.91. The summed E-state index contributed by atoms with van der Waals surface area (Å²) >= 11 is 0. The van der Waals surface area contributed by atoms with Gasteiger partial charge in [0.15, 0.2) is 5.78 Å². The average molecular weight is 368 g/mol. The van der Waals surface area contributed by atoms with E-state index in [1.165, 1.54) is 0 Å². The molecule has 0 aromatic heterocycles. The van der Waals surface area contributed by atoms with Crippen molar-refractivity contribution in [3.05, 3.63) is 53.6 Å². The van der Waals surface area contributed by atoms with E-state index >= 15 is 0 Å². The number of piperazine rings is 1. The van der Waals surface area contributed by atoms with Crippen molar-refractivity contribution in [2.45, 2.75) is 6.92 Å². The van der Waals surface area contributed by atoms with E-state index in [1.54, 1.807) is 39.3 Å². The van der Waals surface area contributed by atoms with Crippen LogP contribution in [0.4, 0.5) is 5.69 Å². The lowest BCUT2D eigenvalue weighted by Crippen LogP contribution is -2.48. The maximum Gasteiger partial charge on any atom is 0.261 e. The quantitative estimate of drug-likeness (QED) is 0.760. The molecule has 1 heterocycles. The first-order chi connectivity index (χ1) is 13.0. The Bertz CT molecular complexity index is 802. The highest BCUT2D eigenvalue weighted by atomic mass is 16.5. The number of amides is 1. The predicted molar refractivity (Wildman–Crippen MR) is 104 cm³/mol. The third-order valence-electron chi connectivity index (χ3n) is 4.85. The van der Waals surface area contributed by atoms with Gasteiger partial charge < -0.3 is 19.3 Å². The number of Topliss-reactive ketones (excluding diaryl/α,β-unsaturated/α-hetero) is 1. The molecule has 27 heavy (non-hydrogen) atoms. The molecule has 0 unspecified atom stereocenters. The Hall–Kier alpha value is -3.02. The third-order valence-corrected chi connectivity index (χ3v) is 4.85. The van der Waals surface area contributed by atoms with Gasteiger partial charge >= 0.3 is 0 Å². The number of hydrogen-bond donors (Lipinski definition) is 0. The molecule has 0 N–H and O–H groups in total. The van der Waals surface area contributed by atoms with Crippen molar-refractivity contribution in [2.24, 2.45) is 0 Å². The molecule has 6 heteroatoms. The monoisotopic (exact) mass is 368 g/mol. The SMILES string of the molecule is COc1cccc(OC)c1C(=O)N1CCN(c2ccc(C(C)=O)cc2)CC1. The molecule has 1 aliphatic heterocycles. The summed E-state index contributed by atoms with van der Waals surface area (Å²) in [6, 6.07) is 12.9. The highest BCUT2D eigenvalue weighted by Crippen LogP contribution is 2.30. The molecule has 0 bridgehead atoms. The maximum absolute atomic E-state index is 13.0. The summed E-state index contributed by atoms with van der Waals surface area (Å²) in [5, 5.41) is 0. The van der Waals surface area contributed by atoms with E-state index in [-0.39, 0.29) is 11.7 Å². The highest BCUT2D eigenvalue weighted by molar-refractivity contribution is 6.00. The van der Waals surface area contributed by atoms with Crippen LogP contribution < -0.4 is 14.4 Å². The van der Waals surface area contributed by atoms with Gasteiger partial charge in [-0.25, -0.2) is 0 Å². The second-order valence-electron chi connectivity index (χ2n) is 6.42. The second kappa shape index (κ2) is 8.12. The largest absolute Gasteiger partial charge is 0.496 e. The number of ketones is 1. The van der Waals surface area contributed by atoms with Crippen molar-refractivity contribution < 1.29 is 19.1 Å². The molecule has 1 saturated heterocycles. The molecule has 2 aromatic carbocycles. The number of nitrogens with zero attached hydrogens (tertiary/aromatic N) is 2. The van der Waals surface area contributed by atoms with Gasteiger partial charge in [-0.2, -0.15) is 0 Å². The van der Waals surface area contributed by atoms with Crippen LogP contribution in [0.1, 0.15) is 27.6 Å². The van der Waals surface area contributed by atoms with E-state index in [4.69, 9.17) is 9.47 Å². The first-order valence-corrected chi connectivity index (χ1v) is 8.91. The van der Waals surface area contributed by atoms with Gasteiger partial charge in [0, 0.05) is 37.4 Å². The lowest BCUT2D eigenvalue weighted by molar-refractivity contribution is 0.0739. The summed E-state index contributed by atoms with van der Waals surface area (Å²) in [5.41, 5.74) is 2.22. The molecular weight excluding hydrogens is 344 g/mol. The van der Waals surface area contributed by atoms with E-state index in [0.29, 0.717) is 35.7 Å². The van der Waals surface area contributed by atoms with Gasteiger partial charge in [-0.15, -0.1) is 0 Å². The van der Waals surface area contributed by atoms with Gasteiger partial charge in [-0.1, -0.05) is 6.07 Å². The van der Waals surface area contributed by atoms with Crippen LogP contribution in [0.25, 0.3) is 0 Å². The van der Waals surface area contributed by atoms with E-state index in [1.807, 2.05) is 29.2 Å². The molecule has 142 valence electrons. The highest BCUT2D eigenvalue weighted by Gasteiger charge is 2.27. The zero-order valence-corrected chi connectivity index (χ0v) is 15.9. The Morgan fingerprint density at radius 2 is 1.41 bits per heavy atom. The van der Waals surface area contributed by atoms with Crippen molar-refractivity contribution in [1.82, 2.24) is 4.90 Å².